The van der Waals surface area contributed by atoms with E-state index in [9.17, 15) is 4.79 Å². The summed E-state index contributed by atoms with van der Waals surface area (Å²) in [6, 6.07) is 3.73. The maximum Gasteiger partial charge on any atom is 0.273 e. The van der Waals surface area contributed by atoms with Gasteiger partial charge in [-0.3, -0.25) is 9.78 Å². The molecule has 0 aliphatic rings. The van der Waals surface area contributed by atoms with E-state index < -0.39 is 0 Å². The van der Waals surface area contributed by atoms with Gasteiger partial charge >= 0.3 is 0 Å². The van der Waals surface area contributed by atoms with Crippen molar-refractivity contribution >= 4 is 17.4 Å². The van der Waals surface area contributed by atoms with Gasteiger partial charge in [0.1, 0.15) is 0 Å². The van der Waals surface area contributed by atoms with Crippen LogP contribution in [0.5, 0.6) is 0 Å². The van der Waals surface area contributed by atoms with E-state index in [0.29, 0.717) is 12.2 Å². The molecule has 0 unspecified atom stereocenters. The van der Waals surface area contributed by atoms with Crippen molar-refractivity contribution in [2.45, 2.75) is 13.5 Å². The summed E-state index contributed by atoms with van der Waals surface area (Å²) in [6.07, 6.45) is 3.41. The monoisotopic (exact) mass is 234 g/mol. The summed E-state index contributed by atoms with van der Waals surface area (Å²) in [5.41, 5.74) is 1.35. The molecule has 0 aliphatic heterocycles. The molecule has 0 aromatic carbocycles. The van der Waals surface area contributed by atoms with Crippen LogP contribution in [0.25, 0.3) is 0 Å². The number of hydrogen-bond donors (Lipinski definition) is 1. The van der Waals surface area contributed by atoms with Gasteiger partial charge in [-0.1, -0.05) is 10.6 Å². The first-order chi connectivity index (χ1) is 7.77. The standard InChI is InChI=1S/C10H10N4OS/c1-7-9(13-14-16-7)10(15)12-6-8-3-2-4-11-5-8/h2-5H,6H2,1H3,(H,12,15). The largest absolute Gasteiger partial charge is 0.346 e. The Balaban J connectivity index is 1.97. The number of aromatic nitrogens is 3. The summed E-state index contributed by atoms with van der Waals surface area (Å²) < 4.78 is 3.72. The van der Waals surface area contributed by atoms with E-state index in [1.807, 2.05) is 19.1 Å². The van der Waals surface area contributed by atoms with Gasteiger partial charge in [0.05, 0.1) is 4.88 Å². The molecule has 0 saturated carbocycles. The zero-order valence-corrected chi connectivity index (χ0v) is 9.49. The van der Waals surface area contributed by atoms with Gasteiger partial charge in [-0.2, -0.15) is 0 Å². The smallest absolute Gasteiger partial charge is 0.273 e. The number of hydrogen-bond acceptors (Lipinski definition) is 5. The summed E-state index contributed by atoms with van der Waals surface area (Å²) in [6.45, 7) is 2.27. The van der Waals surface area contributed by atoms with Gasteiger partial charge in [-0.05, 0) is 30.1 Å². The molecule has 5 nitrogen and oxygen atoms in total. The third-order valence-corrected chi connectivity index (χ3v) is 2.67. The minimum Gasteiger partial charge on any atom is -0.346 e. The van der Waals surface area contributed by atoms with Gasteiger partial charge < -0.3 is 5.32 Å². The molecule has 2 aromatic rings. The van der Waals surface area contributed by atoms with Crippen LogP contribution in [-0.4, -0.2) is 20.5 Å². The fourth-order valence-electron chi connectivity index (χ4n) is 1.21. The van der Waals surface area contributed by atoms with E-state index in [2.05, 4.69) is 19.9 Å². The van der Waals surface area contributed by atoms with Gasteiger partial charge in [0, 0.05) is 18.9 Å². The molecule has 2 aromatic heterocycles. The van der Waals surface area contributed by atoms with Crippen molar-refractivity contribution in [2.75, 3.05) is 0 Å². The van der Waals surface area contributed by atoms with Crippen LogP contribution in [0, 0.1) is 6.92 Å². The van der Waals surface area contributed by atoms with Gasteiger partial charge in [0.15, 0.2) is 5.69 Å². The van der Waals surface area contributed by atoms with Crippen LogP contribution in [0.2, 0.25) is 0 Å². The molecule has 1 N–H and O–H groups in total. The normalized spacial score (nSPS) is 10.1. The van der Waals surface area contributed by atoms with Crippen molar-refractivity contribution in [3.05, 3.63) is 40.7 Å². The number of rotatable bonds is 3. The molecule has 6 heteroatoms. The van der Waals surface area contributed by atoms with Crippen molar-refractivity contribution in [3.63, 3.8) is 0 Å². The Bertz CT molecular complexity index is 483. The van der Waals surface area contributed by atoms with Crippen molar-refractivity contribution < 1.29 is 4.79 Å². The molecular weight excluding hydrogens is 224 g/mol. The second kappa shape index (κ2) is 4.80. The van der Waals surface area contributed by atoms with Crippen LogP contribution in [0.3, 0.4) is 0 Å². The molecule has 0 radical (unpaired) electrons. The average molecular weight is 234 g/mol. The average Bonchev–Trinajstić information content (AvgIpc) is 2.74. The lowest BCUT2D eigenvalue weighted by Gasteiger charge is -2.02. The molecule has 0 aliphatic carbocycles. The highest BCUT2D eigenvalue weighted by atomic mass is 32.1. The lowest BCUT2D eigenvalue weighted by Crippen LogP contribution is -2.23. The van der Waals surface area contributed by atoms with Gasteiger partial charge in [-0.25, -0.2) is 0 Å². The summed E-state index contributed by atoms with van der Waals surface area (Å²) >= 11 is 1.22. The zero-order chi connectivity index (χ0) is 11.4. The fourth-order valence-corrected chi connectivity index (χ4v) is 1.68. The van der Waals surface area contributed by atoms with Crippen molar-refractivity contribution in [1.29, 1.82) is 0 Å². The van der Waals surface area contributed by atoms with E-state index in [4.69, 9.17) is 0 Å². The Morgan fingerprint density at radius 2 is 2.44 bits per heavy atom. The van der Waals surface area contributed by atoms with Crippen LogP contribution in [0.1, 0.15) is 20.9 Å². The molecule has 0 bridgehead atoms. The first-order valence-electron chi connectivity index (χ1n) is 4.73. The Labute approximate surface area is 96.7 Å². The molecule has 82 valence electrons. The van der Waals surface area contributed by atoms with E-state index in [0.717, 1.165) is 10.4 Å². The Morgan fingerprint density at radius 3 is 3.06 bits per heavy atom. The van der Waals surface area contributed by atoms with Gasteiger partial charge in [0.2, 0.25) is 0 Å². The van der Waals surface area contributed by atoms with Crippen molar-refractivity contribution in [1.82, 2.24) is 19.9 Å². The Morgan fingerprint density at radius 1 is 1.56 bits per heavy atom. The molecule has 0 atom stereocenters. The summed E-state index contributed by atoms with van der Waals surface area (Å²) in [5, 5.41) is 6.54. The maximum absolute atomic E-state index is 11.7. The molecule has 0 fully saturated rings. The summed E-state index contributed by atoms with van der Waals surface area (Å²) in [7, 11) is 0. The second-order valence-corrected chi connectivity index (χ2v) is 4.18. The number of aryl methyl sites for hydroxylation is 1. The number of amides is 1. The minimum absolute atomic E-state index is 0.199. The summed E-state index contributed by atoms with van der Waals surface area (Å²) in [5.74, 6) is -0.199. The third-order valence-electron chi connectivity index (χ3n) is 2.04. The number of carbonyl (C=O) groups is 1. The minimum atomic E-state index is -0.199. The molecular formula is C10H10N4OS. The third kappa shape index (κ3) is 2.40. The molecule has 0 spiro atoms. The van der Waals surface area contributed by atoms with Crippen LogP contribution >= 0.6 is 11.5 Å². The topological polar surface area (TPSA) is 67.8 Å². The molecule has 0 saturated heterocycles. The SMILES string of the molecule is Cc1snnc1C(=O)NCc1cccnc1. The molecule has 2 heterocycles. The van der Waals surface area contributed by atoms with Crippen LogP contribution in [-0.2, 0) is 6.54 Å². The highest BCUT2D eigenvalue weighted by molar-refractivity contribution is 7.05. The Kier molecular flexibility index (Phi) is 3.21. The second-order valence-electron chi connectivity index (χ2n) is 3.22. The van der Waals surface area contributed by atoms with Crippen LogP contribution in [0.4, 0.5) is 0 Å². The van der Waals surface area contributed by atoms with Crippen LogP contribution in [0.15, 0.2) is 24.5 Å². The molecule has 16 heavy (non-hydrogen) atoms. The Hall–Kier alpha value is -1.82. The van der Waals surface area contributed by atoms with E-state index >= 15 is 0 Å². The van der Waals surface area contributed by atoms with E-state index in [1.54, 1.807) is 12.4 Å². The van der Waals surface area contributed by atoms with Crippen molar-refractivity contribution in [3.8, 4) is 0 Å². The van der Waals surface area contributed by atoms with E-state index in [-0.39, 0.29) is 5.91 Å². The summed E-state index contributed by atoms with van der Waals surface area (Å²) in [4.78, 5) is 16.5. The number of nitrogens with one attached hydrogen (secondary N) is 1. The number of pyridine rings is 1. The molecule has 2 rings (SSSR count). The first-order valence-corrected chi connectivity index (χ1v) is 5.51. The van der Waals surface area contributed by atoms with Crippen molar-refractivity contribution in [2.24, 2.45) is 0 Å². The maximum atomic E-state index is 11.7. The number of carbonyl (C=O) groups excluding carboxylic acids is 1. The predicted octanol–water partition coefficient (Wildman–Crippen LogP) is 1.17. The highest BCUT2D eigenvalue weighted by Gasteiger charge is 2.12. The van der Waals surface area contributed by atoms with Gasteiger partial charge in [0.25, 0.3) is 5.91 Å². The zero-order valence-electron chi connectivity index (χ0n) is 8.67. The fraction of sp³-hybridized carbons (Fsp3) is 0.200. The molecule has 1 amide bonds. The lowest BCUT2D eigenvalue weighted by atomic mass is 10.3. The number of nitrogens with zero attached hydrogens (tertiary/aromatic N) is 3. The van der Waals surface area contributed by atoms with Gasteiger partial charge in [-0.15, -0.1) is 5.10 Å². The first kappa shape index (κ1) is 10.7. The van der Waals surface area contributed by atoms with E-state index in [1.165, 1.54) is 11.5 Å². The predicted molar refractivity (Wildman–Crippen MR) is 60.1 cm³/mol. The van der Waals surface area contributed by atoms with Crippen LogP contribution < -0.4 is 5.32 Å². The quantitative estimate of drug-likeness (QED) is 0.865. The highest BCUT2D eigenvalue weighted by Crippen LogP contribution is 2.07. The lowest BCUT2D eigenvalue weighted by molar-refractivity contribution is 0.0945.